The largest absolute Gasteiger partial charge is 0.493 e. The molecule has 14 N–H and O–H groups in total. The van der Waals surface area contributed by atoms with E-state index in [4.69, 9.17) is 68.5 Å². The Kier molecular flexibility index (Phi) is 27.6. The number of nitrogens with two attached hydrogens (primary N) is 4. The number of benzene rings is 2. The van der Waals surface area contributed by atoms with Gasteiger partial charge < -0.3 is 72.9 Å². The number of aliphatic hydroxyl groups excluding tert-OH is 2. The number of carbonyl (C=O) groups is 6. The molecule has 2 aromatic rings. The number of rotatable bonds is 38. The molecule has 0 heterocycles. The van der Waals surface area contributed by atoms with E-state index >= 15 is 0 Å². The number of methoxy groups -OCH3 is 2. The monoisotopic (exact) mass is 1170 g/mol. The normalized spacial score (nSPS) is 17.5. The summed E-state index contributed by atoms with van der Waals surface area (Å²) < 4.78 is 114. The molecule has 0 radical (unpaired) electrons. The molecule has 2 aromatic carbocycles. The summed E-state index contributed by atoms with van der Waals surface area (Å²) in [6.45, 7) is 2.47. The molecule has 0 bridgehead atoms. The second-order valence-electron chi connectivity index (χ2n) is 22.2. The molecule has 0 spiro atoms. The second-order valence-corrected chi connectivity index (χ2v) is 22.2. The molecule has 0 fully saturated rings. The summed E-state index contributed by atoms with van der Waals surface area (Å²) in [6, 6.07) is 14.4. The van der Waals surface area contributed by atoms with Gasteiger partial charge in [-0.3, -0.25) is 19.2 Å². The average Bonchev–Trinajstić information content (AvgIpc) is 0.757. The summed E-state index contributed by atoms with van der Waals surface area (Å²) in [5.74, 6) is -7.02. The molecule has 468 valence electrons. The number of ether oxygens (including phenoxy) is 4. The van der Waals surface area contributed by atoms with Crippen LogP contribution in [0.25, 0.3) is 0 Å². The van der Waals surface area contributed by atoms with E-state index in [-0.39, 0.29) is 48.3 Å². The first-order chi connectivity index (χ1) is 43.2. The number of carbonyl (C=O) groups excluding carboxylic acids is 4. The van der Waals surface area contributed by atoms with Crippen LogP contribution >= 0.6 is 0 Å². The van der Waals surface area contributed by atoms with Crippen LogP contribution in [0.5, 0.6) is 11.5 Å². The number of carboxylic acid groups (broad SMARTS) is 2. The van der Waals surface area contributed by atoms with E-state index in [0.29, 0.717) is 64.3 Å². The van der Waals surface area contributed by atoms with Gasteiger partial charge in [0.05, 0.1) is 36.3 Å². The number of hydrogen-bond acceptors (Lipinski definition) is 14. The van der Waals surface area contributed by atoms with Crippen molar-refractivity contribution in [1.29, 1.82) is 0 Å². The maximum absolute atomic E-state index is 13.2. The van der Waals surface area contributed by atoms with Crippen molar-refractivity contribution in [2.45, 2.75) is 158 Å². The molecule has 20 nitrogen and oxygen atoms in total. The van der Waals surface area contributed by atoms with Gasteiger partial charge in [-0.15, -0.1) is 0 Å². The minimum absolute atomic E-state index is 0.0363. The van der Waals surface area contributed by atoms with Crippen molar-refractivity contribution in [3.63, 3.8) is 0 Å². The lowest BCUT2D eigenvalue weighted by molar-refractivity contribution is -0.134. The number of primary amides is 2. The third-order valence-corrected chi connectivity index (χ3v) is 13.9. The fraction of sp³-hybridized carbons (Fsp3) is 0.677. The maximum atomic E-state index is 13.2. The van der Waals surface area contributed by atoms with Crippen LogP contribution in [0.2, 0.25) is 0 Å². The standard InChI is InChI=1S/2C29H51N3O5.C4H4O4/c2*1-19(2)22(14-21-10-8-11-23(15-21)37-13-9-12-36-7)16-25(30)26(33)17-24(20(3)4)27(34)32-18-29(5,6)28(31)35;5-3(6)1-2-4(7)8/h2*8,10-11,15,19-20,22,24-26,33H,9,12-14,16-18,30H2,1-7H3,(H2,31,35)(H,32,34);1-2H,(H,5,6)(H,7,8)/b;;2-1+/t2*22-,24-,25-,26-;/m00./s1/i2*5D3,6D3;. The van der Waals surface area contributed by atoms with Gasteiger partial charge >= 0.3 is 11.9 Å². The van der Waals surface area contributed by atoms with E-state index in [1.165, 1.54) is 0 Å². The average molecular weight is 1170 g/mol. The van der Waals surface area contributed by atoms with E-state index < -0.39 is 123 Å². The molecule has 0 aliphatic carbocycles. The molecule has 8 atom stereocenters. The van der Waals surface area contributed by atoms with Crippen LogP contribution in [-0.2, 0) is 51.1 Å². The van der Waals surface area contributed by atoms with Gasteiger partial charge in [0.15, 0.2) is 0 Å². The highest BCUT2D eigenvalue weighted by Gasteiger charge is 2.34. The Hall–Kier alpha value is -5.64. The van der Waals surface area contributed by atoms with Gasteiger partial charge in [-0.2, -0.15) is 0 Å². The fourth-order valence-electron chi connectivity index (χ4n) is 8.36. The molecule has 0 aliphatic heterocycles. The summed E-state index contributed by atoms with van der Waals surface area (Å²) >= 11 is 0. The van der Waals surface area contributed by atoms with Crippen LogP contribution in [-0.4, -0.2) is 134 Å². The molecule has 82 heavy (non-hydrogen) atoms. The first-order valence-corrected chi connectivity index (χ1v) is 27.8. The third kappa shape index (κ3) is 32.3. The topological polar surface area (TPSA) is 348 Å². The van der Waals surface area contributed by atoms with E-state index in [2.05, 4.69) is 38.3 Å². The van der Waals surface area contributed by atoms with E-state index in [0.717, 1.165) is 35.5 Å². The van der Waals surface area contributed by atoms with Gasteiger partial charge in [-0.1, -0.05) is 79.7 Å². The lowest BCUT2D eigenvalue weighted by atomic mass is 9.80. The Bertz CT molecular complexity index is 2460. The van der Waals surface area contributed by atoms with Crippen LogP contribution in [0.4, 0.5) is 0 Å². The first kappa shape index (κ1) is 56.8. The number of carboxylic acids is 2. The highest BCUT2D eigenvalue weighted by Crippen LogP contribution is 2.30. The lowest BCUT2D eigenvalue weighted by Gasteiger charge is -2.30. The van der Waals surface area contributed by atoms with E-state index in [1.807, 2.05) is 48.5 Å². The number of hydrogen-bond donors (Lipinski definition) is 10. The Morgan fingerprint density at radius 3 is 1.17 bits per heavy atom. The van der Waals surface area contributed by atoms with Gasteiger partial charge in [-0.25, -0.2) is 9.59 Å². The van der Waals surface area contributed by atoms with Crippen molar-refractivity contribution in [1.82, 2.24) is 10.6 Å². The van der Waals surface area contributed by atoms with Crippen molar-refractivity contribution < 1.29 is 84.6 Å². The van der Waals surface area contributed by atoms with Gasteiger partial charge in [0, 0.05) is 106 Å². The highest BCUT2D eigenvalue weighted by atomic mass is 16.5. The molecule has 20 heteroatoms. The molecular weight excluding hydrogens is 1050 g/mol. The number of amides is 4. The van der Waals surface area contributed by atoms with E-state index in [1.54, 1.807) is 41.9 Å². The molecule has 0 saturated heterocycles. The Morgan fingerprint density at radius 2 is 0.902 bits per heavy atom. The Balaban J connectivity index is 0.00000164. The van der Waals surface area contributed by atoms with Crippen LogP contribution in [0.3, 0.4) is 0 Å². The lowest BCUT2D eigenvalue weighted by Crippen LogP contribution is -2.46. The summed E-state index contributed by atoms with van der Waals surface area (Å²) in [5.41, 5.74) is 19.7. The van der Waals surface area contributed by atoms with Gasteiger partial charge in [0.2, 0.25) is 23.6 Å². The number of aliphatic hydroxyl groups is 2. The predicted molar refractivity (Wildman–Crippen MR) is 320 cm³/mol. The quantitative estimate of drug-likeness (QED) is 0.0261. The third-order valence-electron chi connectivity index (χ3n) is 13.9. The van der Waals surface area contributed by atoms with Crippen LogP contribution in [0.1, 0.15) is 149 Å². The summed E-state index contributed by atoms with van der Waals surface area (Å²) in [7, 11) is 3.29. The maximum Gasteiger partial charge on any atom is 0.328 e. The van der Waals surface area contributed by atoms with Gasteiger partial charge in [0.25, 0.3) is 0 Å². The molecule has 0 unspecified atom stereocenters. The summed E-state index contributed by atoms with van der Waals surface area (Å²) in [5, 5.41) is 42.4. The molecule has 0 aliphatic rings. The minimum Gasteiger partial charge on any atom is -0.493 e. The molecular formula is C62H106N6O14. The Morgan fingerprint density at radius 1 is 0.561 bits per heavy atom. The van der Waals surface area contributed by atoms with Crippen molar-refractivity contribution >= 4 is 35.6 Å². The van der Waals surface area contributed by atoms with Crippen LogP contribution < -0.4 is 43.0 Å². The summed E-state index contributed by atoms with van der Waals surface area (Å²) in [6.07, 6.45) is 2.84. The second kappa shape index (κ2) is 39.8. The first-order valence-electron chi connectivity index (χ1n) is 33.8. The molecule has 4 amide bonds. The van der Waals surface area contributed by atoms with E-state index in [9.17, 15) is 39.0 Å². The van der Waals surface area contributed by atoms with Crippen molar-refractivity contribution in [2.24, 2.45) is 81.1 Å². The molecule has 0 aromatic heterocycles. The van der Waals surface area contributed by atoms with Crippen LogP contribution in [0, 0.1) is 58.2 Å². The fourth-order valence-corrected chi connectivity index (χ4v) is 8.36. The predicted octanol–water partition coefficient (Wildman–Crippen LogP) is 6.28. The van der Waals surface area contributed by atoms with Crippen molar-refractivity contribution in [3.05, 3.63) is 71.8 Å². The van der Waals surface area contributed by atoms with Gasteiger partial charge in [-0.05, 0) is 137 Å². The zero-order chi connectivity index (χ0) is 72.9. The highest BCUT2D eigenvalue weighted by molar-refractivity contribution is 5.89. The van der Waals surface area contributed by atoms with Crippen molar-refractivity contribution in [2.75, 3.05) is 53.7 Å². The minimum atomic E-state index is -3.30. The SMILES string of the molecule is O=C(O)/C=C/C(=O)O.[2H]C([2H])([2H])C(CNC(=O)[C@@H](C[C@H](O)[C@@H](N)C[C@H](Cc1cccc(OCCCOC)c1)C(C)C)C(C)C)(C(N)=O)C([2H])([2H])[2H].[2H]C([2H])([2H])C(CNC(=O)[C@@H](C[C@H](O)[C@@H](N)C[C@H](Cc1cccc(OCCCOC)c1)C(C)C)C(C)C)(C(N)=O)C([2H])([2H])[2H]. The Labute approximate surface area is 506 Å². The smallest absolute Gasteiger partial charge is 0.328 e. The van der Waals surface area contributed by atoms with Gasteiger partial charge in [0.1, 0.15) is 11.5 Å². The zero-order valence-corrected chi connectivity index (χ0v) is 49.8. The zero-order valence-electron chi connectivity index (χ0n) is 61.8. The number of nitrogens with one attached hydrogen (secondary N) is 2. The van der Waals surface area contributed by atoms with Crippen molar-refractivity contribution in [3.8, 4) is 11.5 Å². The number of aliphatic carboxylic acids is 2. The van der Waals surface area contributed by atoms with Crippen LogP contribution in [0.15, 0.2) is 60.7 Å². The summed E-state index contributed by atoms with van der Waals surface area (Å²) in [4.78, 5) is 69.8. The molecule has 0 saturated carbocycles. The molecule has 2 rings (SSSR count).